The van der Waals surface area contributed by atoms with Crippen molar-refractivity contribution in [3.63, 3.8) is 0 Å². The Labute approximate surface area is 211 Å². The third-order valence-electron chi connectivity index (χ3n) is 5.41. The molecule has 4 aromatic heterocycles. The maximum atomic E-state index is 13.6. The Balaban J connectivity index is 1.99. The molecule has 17 heteroatoms. The summed E-state index contributed by atoms with van der Waals surface area (Å²) in [7, 11) is 2.59. The molecule has 3 N–H and O–H groups in total. The second-order valence-corrected chi connectivity index (χ2v) is 9.13. The molecule has 4 heterocycles. The Hall–Kier alpha value is -3.66. The number of amides is 2. The van der Waals surface area contributed by atoms with Gasteiger partial charge in [0.15, 0.2) is 5.69 Å². The van der Waals surface area contributed by atoms with Crippen LogP contribution in [0.3, 0.4) is 0 Å². The number of nitrogens with two attached hydrogens (primary N) is 1. The van der Waals surface area contributed by atoms with Crippen molar-refractivity contribution < 1.29 is 35.9 Å². The van der Waals surface area contributed by atoms with Gasteiger partial charge in [-0.1, -0.05) is 11.6 Å². The fourth-order valence-electron chi connectivity index (χ4n) is 3.61. The summed E-state index contributed by atoms with van der Waals surface area (Å²) in [5.74, 6) is -2.33. The molecule has 0 aromatic carbocycles. The number of carbonyl (C=O) groups excluding carboxylic acids is 2. The number of hydrogen-bond donors (Lipinski definition) is 2. The van der Waals surface area contributed by atoms with Crippen LogP contribution in [0.15, 0.2) is 12.3 Å². The maximum Gasteiger partial charge on any atom is 0.436 e. The zero-order valence-corrected chi connectivity index (χ0v) is 20.4. The molecule has 0 radical (unpaired) electrons. The summed E-state index contributed by atoms with van der Waals surface area (Å²) in [6, 6.07) is 0.721. The number of aromatic nitrogens is 5. The molecule has 0 aliphatic heterocycles. The number of primary amides is 1. The molecule has 0 aliphatic rings. The lowest BCUT2D eigenvalue weighted by Crippen LogP contribution is -2.19. The number of nitrogens with zero attached hydrogens (tertiary/aromatic N) is 5. The van der Waals surface area contributed by atoms with Gasteiger partial charge >= 0.3 is 12.4 Å². The Morgan fingerprint density at radius 2 is 1.73 bits per heavy atom. The molecular formula is C20H14ClF6N7O2S. The molecule has 0 atom stereocenters. The van der Waals surface area contributed by atoms with Crippen molar-refractivity contribution in [2.24, 2.45) is 19.8 Å². The van der Waals surface area contributed by atoms with Crippen LogP contribution in [0, 0.1) is 6.92 Å². The van der Waals surface area contributed by atoms with Gasteiger partial charge in [-0.2, -0.15) is 36.5 Å². The molecule has 0 saturated heterocycles. The van der Waals surface area contributed by atoms with Gasteiger partial charge in [0.05, 0.1) is 11.9 Å². The largest absolute Gasteiger partial charge is 0.436 e. The highest BCUT2D eigenvalue weighted by molar-refractivity contribution is 7.21. The topological polar surface area (TPSA) is 121 Å². The van der Waals surface area contributed by atoms with Crippen LogP contribution in [-0.4, -0.2) is 36.4 Å². The van der Waals surface area contributed by atoms with Crippen molar-refractivity contribution >= 4 is 50.7 Å². The lowest BCUT2D eigenvalue weighted by atomic mass is 10.0. The fraction of sp³-hybridized carbons (Fsp3) is 0.250. The molecule has 0 spiro atoms. The number of fused-ring (bicyclic) bond motifs is 1. The number of nitrogens with one attached hydrogen (secondary N) is 1. The molecule has 0 saturated carbocycles. The molecule has 0 bridgehead atoms. The summed E-state index contributed by atoms with van der Waals surface area (Å²) in [6.45, 7) is 1.58. The van der Waals surface area contributed by atoms with Gasteiger partial charge in [-0.05, 0) is 18.6 Å². The Bertz CT molecular complexity index is 1580. The van der Waals surface area contributed by atoms with Crippen molar-refractivity contribution in [3.8, 4) is 11.1 Å². The molecule has 4 rings (SSSR count). The third-order valence-corrected chi connectivity index (χ3v) is 6.87. The van der Waals surface area contributed by atoms with E-state index < -0.39 is 46.3 Å². The van der Waals surface area contributed by atoms with E-state index in [1.807, 2.05) is 0 Å². The standard InChI is InChI=1S/C20H14ClF6N7O2S/c1-6-8(5-29-33(6)2)7-4-9(19(22,23)24)30-18-10(7)12(14(37-18)16(28)35)31-17(36)13-11(21)15(20(25,26)27)32-34(13)3/h4-5H,1-3H3,(H2,28,35)(H,31,36). The van der Waals surface area contributed by atoms with Crippen LogP contribution in [0.4, 0.5) is 32.0 Å². The third kappa shape index (κ3) is 4.50. The number of hydrogen-bond acceptors (Lipinski definition) is 6. The van der Waals surface area contributed by atoms with Crippen molar-refractivity contribution in [1.29, 1.82) is 0 Å². The zero-order valence-electron chi connectivity index (χ0n) is 18.8. The van der Waals surface area contributed by atoms with E-state index in [9.17, 15) is 35.9 Å². The monoisotopic (exact) mass is 565 g/mol. The van der Waals surface area contributed by atoms with E-state index in [4.69, 9.17) is 17.3 Å². The number of rotatable bonds is 4. The average molecular weight is 566 g/mol. The molecule has 4 aromatic rings. The summed E-state index contributed by atoms with van der Waals surface area (Å²) < 4.78 is 82.6. The number of anilines is 1. The fourth-order valence-corrected chi connectivity index (χ4v) is 4.97. The second-order valence-electron chi connectivity index (χ2n) is 7.76. The van der Waals surface area contributed by atoms with Crippen LogP contribution in [0.1, 0.15) is 37.2 Å². The Morgan fingerprint density at radius 1 is 1.08 bits per heavy atom. The highest BCUT2D eigenvalue weighted by Crippen LogP contribution is 2.44. The van der Waals surface area contributed by atoms with Gasteiger partial charge in [-0.25, -0.2) is 4.98 Å². The second kappa shape index (κ2) is 8.72. The predicted molar refractivity (Wildman–Crippen MR) is 121 cm³/mol. The summed E-state index contributed by atoms with van der Waals surface area (Å²) in [4.78, 5) is 28.2. The van der Waals surface area contributed by atoms with E-state index in [2.05, 4.69) is 20.5 Å². The molecule has 196 valence electrons. The predicted octanol–water partition coefficient (Wildman–Crippen LogP) is 4.78. The highest BCUT2D eigenvalue weighted by Gasteiger charge is 2.40. The first-order valence-electron chi connectivity index (χ1n) is 9.96. The Kier molecular flexibility index (Phi) is 6.23. The first kappa shape index (κ1) is 26.4. The van der Waals surface area contributed by atoms with Crippen LogP contribution in [0.25, 0.3) is 21.3 Å². The molecule has 37 heavy (non-hydrogen) atoms. The maximum absolute atomic E-state index is 13.6. The number of alkyl halides is 6. The van der Waals surface area contributed by atoms with E-state index >= 15 is 0 Å². The summed E-state index contributed by atoms with van der Waals surface area (Å²) >= 11 is 6.27. The van der Waals surface area contributed by atoms with E-state index in [1.165, 1.54) is 10.9 Å². The molecule has 2 amide bonds. The molecule has 9 nitrogen and oxygen atoms in total. The molecule has 0 aliphatic carbocycles. The van der Waals surface area contributed by atoms with Gasteiger partial charge < -0.3 is 11.1 Å². The van der Waals surface area contributed by atoms with Crippen LogP contribution < -0.4 is 11.1 Å². The highest BCUT2D eigenvalue weighted by atomic mass is 35.5. The van der Waals surface area contributed by atoms with Crippen molar-refractivity contribution in [3.05, 3.63) is 44.9 Å². The minimum Gasteiger partial charge on any atom is -0.365 e. The van der Waals surface area contributed by atoms with Crippen molar-refractivity contribution in [2.75, 3.05) is 5.32 Å². The van der Waals surface area contributed by atoms with Gasteiger partial charge in [-0.3, -0.25) is 19.0 Å². The quantitative estimate of drug-likeness (QED) is 0.345. The van der Waals surface area contributed by atoms with Crippen LogP contribution in [-0.2, 0) is 26.4 Å². The van der Waals surface area contributed by atoms with Gasteiger partial charge in [-0.15, -0.1) is 11.3 Å². The van der Waals surface area contributed by atoms with Gasteiger partial charge in [0.1, 0.15) is 26.1 Å². The van der Waals surface area contributed by atoms with Gasteiger partial charge in [0.2, 0.25) is 0 Å². The number of carbonyl (C=O) groups is 2. The summed E-state index contributed by atoms with van der Waals surface area (Å²) in [5.41, 5.74) is 2.15. The first-order valence-corrected chi connectivity index (χ1v) is 11.2. The normalized spacial score (nSPS) is 12.4. The summed E-state index contributed by atoms with van der Waals surface area (Å²) in [6.07, 6.45) is -8.55. The average Bonchev–Trinajstić information content (AvgIpc) is 3.40. The van der Waals surface area contributed by atoms with Crippen LogP contribution in [0.2, 0.25) is 5.02 Å². The van der Waals surface area contributed by atoms with Gasteiger partial charge in [0.25, 0.3) is 11.8 Å². The first-order chi connectivity index (χ1) is 17.0. The zero-order chi connectivity index (χ0) is 27.6. The minimum atomic E-state index is -4.97. The number of pyridine rings is 1. The van der Waals surface area contributed by atoms with E-state index in [0.29, 0.717) is 21.7 Å². The summed E-state index contributed by atoms with van der Waals surface area (Å²) in [5, 5.41) is 8.44. The lowest BCUT2D eigenvalue weighted by molar-refractivity contribution is -0.141. The van der Waals surface area contributed by atoms with Crippen LogP contribution in [0.5, 0.6) is 0 Å². The molecule has 0 unspecified atom stereocenters. The van der Waals surface area contributed by atoms with E-state index in [1.54, 1.807) is 14.0 Å². The molecular weight excluding hydrogens is 552 g/mol. The minimum absolute atomic E-state index is 0.0888. The van der Waals surface area contributed by atoms with Crippen molar-refractivity contribution in [2.45, 2.75) is 19.3 Å². The Morgan fingerprint density at radius 3 is 2.22 bits per heavy atom. The van der Waals surface area contributed by atoms with E-state index in [0.717, 1.165) is 13.1 Å². The SMILES string of the molecule is Cc1c(-c2cc(C(F)(F)F)nc3sc(C(N)=O)c(NC(=O)c4c(Cl)c(C(F)(F)F)nn4C)c23)cnn1C. The smallest absolute Gasteiger partial charge is 0.365 e. The molecule has 0 fully saturated rings. The number of halogens is 7. The van der Waals surface area contributed by atoms with Crippen LogP contribution >= 0.6 is 22.9 Å². The lowest BCUT2D eigenvalue weighted by Gasteiger charge is -2.12. The van der Waals surface area contributed by atoms with Gasteiger partial charge in [0, 0.05) is 30.7 Å². The van der Waals surface area contributed by atoms with Crippen molar-refractivity contribution in [1.82, 2.24) is 24.5 Å². The number of thiophene rings is 1. The van der Waals surface area contributed by atoms with E-state index in [-0.39, 0.29) is 31.9 Å². The number of aryl methyl sites for hydroxylation is 2.